The number of nitrogens with zero attached hydrogens (tertiary/aromatic N) is 1. The van der Waals surface area contributed by atoms with Crippen LogP contribution in [0.15, 0.2) is 59.4 Å². The minimum absolute atomic E-state index is 0.0199. The van der Waals surface area contributed by atoms with E-state index >= 15 is 0 Å². The van der Waals surface area contributed by atoms with Gasteiger partial charge in [-0.05, 0) is 11.6 Å². The maximum absolute atomic E-state index is 12.6. The van der Waals surface area contributed by atoms with Gasteiger partial charge in [0.15, 0.2) is 0 Å². The highest BCUT2D eigenvalue weighted by Gasteiger charge is 2.20. The Balaban J connectivity index is 1.82. The van der Waals surface area contributed by atoms with E-state index in [1.165, 1.54) is 7.11 Å². The molecule has 0 spiro atoms. The lowest BCUT2D eigenvalue weighted by Gasteiger charge is -2.18. The number of aromatic nitrogens is 2. The van der Waals surface area contributed by atoms with Crippen molar-refractivity contribution in [2.45, 2.75) is 18.9 Å². The lowest BCUT2D eigenvalue weighted by Crippen LogP contribution is -2.32. The summed E-state index contributed by atoms with van der Waals surface area (Å²) in [6.07, 6.45) is -0.00610. The number of carbonyl (C=O) groups excluding carboxylic acids is 2. The summed E-state index contributed by atoms with van der Waals surface area (Å²) in [7, 11) is 1.31. The minimum Gasteiger partial charge on any atom is -0.469 e. The molecule has 1 unspecified atom stereocenters. The maximum Gasteiger partial charge on any atom is 0.307 e. The molecule has 7 heteroatoms. The fourth-order valence-corrected chi connectivity index (χ4v) is 2.89. The van der Waals surface area contributed by atoms with Gasteiger partial charge in [0.2, 0.25) is 5.91 Å². The lowest BCUT2D eigenvalue weighted by atomic mass is 10.0. The van der Waals surface area contributed by atoms with E-state index in [0.29, 0.717) is 16.5 Å². The van der Waals surface area contributed by atoms with Crippen LogP contribution in [0.3, 0.4) is 0 Å². The van der Waals surface area contributed by atoms with Crippen LogP contribution in [0.25, 0.3) is 10.8 Å². The SMILES string of the molecule is COC(=O)CC(NC(=O)Cc1n[nH]c(=O)c2ccccc12)c1ccccc1. The van der Waals surface area contributed by atoms with E-state index in [4.69, 9.17) is 4.74 Å². The average molecular weight is 365 g/mol. The van der Waals surface area contributed by atoms with Gasteiger partial charge in [0, 0.05) is 5.39 Å². The standard InChI is InChI=1S/C20H19N3O4/c1-27-19(25)12-16(13-7-3-2-4-8-13)21-18(24)11-17-14-9-5-6-10-15(14)20(26)23-22-17/h2-10,16H,11-12H2,1H3,(H,21,24)(H,23,26). The van der Waals surface area contributed by atoms with Crippen molar-refractivity contribution in [1.29, 1.82) is 0 Å². The van der Waals surface area contributed by atoms with Gasteiger partial charge in [-0.2, -0.15) is 5.10 Å². The first-order chi connectivity index (χ1) is 13.1. The van der Waals surface area contributed by atoms with Crippen molar-refractivity contribution in [2.75, 3.05) is 7.11 Å². The summed E-state index contributed by atoms with van der Waals surface area (Å²) in [5.74, 6) is -0.728. The highest BCUT2D eigenvalue weighted by molar-refractivity contribution is 5.88. The molecule has 3 aromatic rings. The van der Waals surface area contributed by atoms with Gasteiger partial charge in [0.1, 0.15) is 0 Å². The second-order valence-electron chi connectivity index (χ2n) is 6.03. The molecule has 1 heterocycles. The molecule has 7 nitrogen and oxygen atoms in total. The van der Waals surface area contributed by atoms with Gasteiger partial charge >= 0.3 is 5.97 Å². The zero-order valence-corrected chi connectivity index (χ0v) is 14.8. The fourth-order valence-electron chi connectivity index (χ4n) is 2.89. The summed E-state index contributed by atoms with van der Waals surface area (Å²) in [6, 6.07) is 15.7. The van der Waals surface area contributed by atoms with E-state index in [1.807, 2.05) is 30.3 Å². The van der Waals surface area contributed by atoms with E-state index in [9.17, 15) is 14.4 Å². The predicted molar refractivity (Wildman–Crippen MR) is 100 cm³/mol. The number of amides is 1. The van der Waals surface area contributed by atoms with Gasteiger partial charge in [-0.25, -0.2) is 5.10 Å². The summed E-state index contributed by atoms with van der Waals surface area (Å²) in [4.78, 5) is 36.2. The van der Waals surface area contributed by atoms with Gasteiger partial charge in [0.25, 0.3) is 5.56 Å². The summed E-state index contributed by atoms with van der Waals surface area (Å²) in [5, 5.41) is 10.4. The topological polar surface area (TPSA) is 101 Å². The van der Waals surface area contributed by atoms with E-state index in [0.717, 1.165) is 5.56 Å². The lowest BCUT2D eigenvalue weighted by molar-refractivity contribution is -0.141. The molecule has 0 fully saturated rings. The number of aromatic amines is 1. The molecule has 0 bridgehead atoms. The van der Waals surface area contributed by atoms with Crippen LogP contribution in [-0.4, -0.2) is 29.2 Å². The van der Waals surface area contributed by atoms with Crippen molar-refractivity contribution >= 4 is 22.6 Å². The third-order valence-corrected chi connectivity index (χ3v) is 4.24. The van der Waals surface area contributed by atoms with Crippen molar-refractivity contribution in [3.63, 3.8) is 0 Å². The van der Waals surface area contributed by atoms with Crippen LogP contribution in [0.5, 0.6) is 0 Å². The Hall–Kier alpha value is -3.48. The Labute approximate surface area is 155 Å². The number of rotatable bonds is 6. The molecular weight excluding hydrogens is 346 g/mol. The van der Waals surface area contributed by atoms with Crippen molar-refractivity contribution in [3.8, 4) is 0 Å². The van der Waals surface area contributed by atoms with Crippen LogP contribution in [0.4, 0.5) is 0 Å². The van der Waals surface area contributed by atoms with Crippen LogP contribution >= 0.6 is 0 Å². The van der Waals surface area contributed by atoms with E-state index in [-0.39, 0.29) is 24.3 Å². The van der Waals surface area contributed by atoms with Crippen molar-refractivity contribution in [1.82, 2.24) is 15.5 Å². The third kappa shape index (κ3) is 4.38. The highest BCUT2D eigenvalue weighted by atomic mass is 16.5. The number of esters is 1. The van der Waals surface area contributed by atoms with Crippen molar-refractivity contribution < 1.29 is 14.3 Å². The molecule has 2 N–H and O–H groups in total. The molecule has 0 saturated heterocycles. The van der Waals surface area contributed by atoms with Crippen LogP contribution in [0.2, 0.25) is 0 Å². The molecule has 1 amide bonds. The number of fused-ring (bicyclic) bond motifs is 1. The molecule has 27 heavy (non-hydrogen) atoms. The molecule has 0 radical (unpaired) electrons. The highest BCUT2D eigenvalue weighted by Crippen LogP contribution is 2.18. The van der Waals surface area contributed by atoms with Crippen LogP contribution < -0.4 is 10.9 Å². The van der Waals surface area contributed by atoms with Gasteiger partial charge in [-0.3, -0.25) is 14.4 Å². The molecule has 2 aromatic carbocycles. The van der Waals surface area contributed by atoms with E-state index in [2.05, 4.69) is 15.5 Å². The molecule has 1 atom stereocenters. The van der Waals surface area contributed by atoms with Gasteiger partial charge < -0.3 is 10.1 Å². The van der Waals surface area contributed by atoms with Crippen LogP contribution in [0, 0.1) is 0 Å². The maximum atomic E-state index is 12.6. The van der Waals surface area contributed by atoms with Crippen molar-refractivity contribution in [2.24, 2.45) is 0 Å². The van der Waals surface area contributed by atoms with Crippen molar-refractivity contribution in [3.05, 3.63) is 76.2 Å². The number of benzene rings is 2. The fraction of sp³-hybridized carbons (Fsp3) is 0.200. The van der Waals surface area contributed by atoms with Gasteiger partial charge in [-0.1, -0.05) is 48.5 Å². The zero-order valence-electron chi connectivity index (χ0n) is 14.8. The van der Waals surface area contributed by atoms with Gasteiger partial charge in [-0.15, -0.1) is 0 Å². The predicted octanol–water partition coefficient (Wildman–Crippen LogP) is 1.89. The number of hydrogen-bond acceptors (Lipinski definition) is 5. The molecule has 138 valence electrons. The molecule has 0 aliphatic carbocycles. The second-order valence-corrected chi connectivity index (χ2v) is 6.03. The number of hydrogen-bond donors (Lipinski definition) is 2. The Bertz CT molecular complexity index is 1010. The van der Waals surface area contributed by atoms with Crippen LogP contribution in [0.1, 0.15) is 23.7 Å². The first kappa shape index (κ1) is 18.3. The number of carbonyl (C=O) groups is 2. The molecule has 0 aliphatic heterocycles. The Morgan fingerprint density at radius 3 is 2.44 bits per heavy atom. The minimum atomic E-state index is -0.514. The Morgan fingerprint density at radius 1 is 1.07 bits per heavy atom. The number of methoxy groups -OCH3 is 1. The molecule has 0 saturated carbocycles. The second kappa shape index (κ2) is 8.27. The first-order valence-electron chi connectivity index (χ1n) is 8.46. The number of nitrogens with one attached hydrogen (secondary N) is 2. The largest absolute Gasteiger partial charge is 0.469 e. The Morgan fingerprint density at radius 2 is 1.74 bits per heavy atom. The quantitative estimate of drug-likeness (QED) is 0.650. The third-order valence-electron chi connectivity index (χ3n) is 4.24. The zero-order chi connectivity index (χ0) is 19.2. The molecule has 3 rings (SSSR count). The molecular formula is C20H19N3O4. The number of H-pyrrole nitrogens is 1. The smallest absolute Gasteiger partial charge is 0.307 e. The number of ether oxygens (including phenoxy) is 1. The average Bonchev–Trinajstić information content (AvgIpc) is 2.70. The first-order valence-corrected chi connectivity index (χ1v) is 8.46. The van der Waals surface area contributed by atoms with E-state index in [1.54, 1.807) is 24.3 Å². The molecule has 1 aromatic heterocycles. The summed E-state index contributed by atoms with van der Waals surface area (Å²) in [6.45, 7) is 0. The van der Waals surface area contributed by atoms with Crippen LogP contribution in [-0.2, 0) is 20.7 Å². The Kier molecular flexibility index (Phi) is 5.61. The summed E-state index contributed by atoms with van der Waals surface area (Å²) in [5.41, 5.74) is 0.964. The van der Waals surface area contributed by atoms with Gasteiger partial charge in [0.05, 0.1) is 37.1 Å². The monoisotopic (exact) mass is 365 g/mol. The normalized spacial score (nSPS) is 11.7. The van der Waals surface area contributed by atoms with E-state index < -0.39 is 12.0 Å². The summed E-state index contributed by atoms with van der Waals surface area (Å²) >= 11 is 0. The summed E-state index contributed by atoms with van der Waals surface area (Å²) < 4.78 is 4.73. The molecule has 0 aliphatic rings.